The van der Waals surface area contributed by atoms with Crippen molar-refractivity contribution in [1.82, 2.24) is 10.2 Å². The fourth-order valence-corrected chi connectivity index (χ4v) is 3.77. The highest BCUT2D eigenvalue weighted by molar-refractivity contribution is 5.90. The first-order valence-corrected chi connectivity index (χ1v) is 10.1. The fraction of sp³-hybridized carbons (Fsp3) is 0.409. The molecule has 1 aliphatic rings. The zero-order chi connectivity index (χ0) is 23.4. The van der Waals surface area contributed by atoms with Crippen molar-refractivity contribution < 1.29 is 31.1 Å². The standard InChI is InChI=1S/C22H23F6N3O/c23-21(24,25)17-6-2-1-5-16(17)14-31(13-15-9-11-29-12-10-15)20(32)30-19-8-4-3-7-18(19)22(26,27)28/h1-8,15,29H,9-14H2,(H,30,32). The van der Waals surface area contributed by atoms with Crippen molar-refractivity contribution in [3.63, 3.8) is 0 Å². The summed E-state index contributed by atoms with van der Waals surface area (Å²) in [5.74, 6) is 0.0258. The molecule has 2 aromatic rings. The summed E-state index contributed by atoms with van der Waals surface area (Å²) in [7, 11) is 0. The molecule has 0 aliphatic carbocycles. The number of para-hydroxylation sites is 1. The number of amides is 2. The quantitative estimate of drug-likeness (QED) is 0.559. The number of alkyl halides is 6. The second kappa shape index (κ2) is 9.81. The van der Waals surface area contributed by atoms with Crippen LogP contribution in [0.5, 0.6) is 0 Å². The maximum atomic E-state index is 13.4. The molecule has 0 saturated carbocycles. The van der Waals surface area contributed by atoms with Crippen molar-refractivity contribution in [3.05, 3.63) is 65.2 Å². The number of urea groups is 1. The van der Waals surface area contributed by atoms with E-state index in [-0.39, 0.29) is 24.6 Å². The first kappa shape index (κ1) is 23.9. The van der Waals surface area contributed by atoms with Gasteiger partial charge in [0, 0.05) is 13.1 Å². The van der Waals surface area contributed by atoms with Crippen LogP contribution in [0.3, 0.4) is 0 Å². The third-order valence-electron chi connectivity index (χ3n) is 5.38. The van der Waals surface area contributed by atoms with Crippen LogP contribution in [0.4, 0.5) is 36.8 Å². The van der Waals surface area contributed by atoms with Crippen molar-refractivity contribution >= 4 is 11.7 Å². The third kappa shape index (κ3) is 6.15. The number of nitrogens with one attached hydrogen (secondary N) is 2. The molecule has 4 nitrogen and oxygen atoms in total. The topological polar surface area (TPSA) is 44.4 Å². The minimum absolute atomic E-state index is 0.0258. The highest BCUT2D eigenvalue weighted by Gasteiger charge is 2.35. The lowest BCUT2D eigenvalue weighted by molar-refractivity contribution is -0.138. The molecule has 3 rings (SSSR count). The lowest BCUT2D eigenvalue weighted by Crippen LogP contribution is -2.41. The van der Waals surface area contributed by atoms with Gasteiger partial charge in [-0.15, -0.1) is 0 Å². The lowest BCUT2D eigenvalue weighted by Gasteiger charge is -2.31. The van der Waals surface area contributed by atoms with E-state index in [2.05, 4.69) is 10.6 Å². The molecule has 0 atom stereocenters. The van der Waals surface area contributed by atoms with Crippen LogP contribution >= 0.6 is 0 Å². The van der Waals surface area contributed by atoms with Crippen molar-refractivity contribution in [2.75, 3.05) is 25.0 Å². The SMILES string of the molecule is O=C(Nc1ccccc1C(F)(F)F)N(Cc1ccccc1C(F)(F)F)CC1CCNCC1. The predicted molar refractivity (Wildman–Crippen MR) is 108 cm³/mol. The van der Waals surface area contributed by atoms with E-state index in [4.69, 9.17) is 0 Å². The zero-order valence-electron chi connectivity index (χ0n) is 17.1. The van der Waals surface area contributed by atoms with Gasteiger partial charge in [-0.1, -0.05) is 30.3 Å². The van der Waals surface area contributed by atoms with Crippen LogP contribution in [-0.2, 0) is 18.9 Å². The van der Waals surface area contributed by atoms with E-state index in [0.717, 1.165) is 23.1 Å². The summed E-state index contributed by atoms with van der Waals surface area (Å²) < 4.78 is 80.2. The molecule has 1 heterocycles. The summed E-state index contributed by atoms with van der Waals surface area (Å²) in [5, 5.41) is 5.42. The van der Waals surface area contributed by atoms with E-state index < -0.39 is 35.2 Å². The monoisotopic (exact) mass is 459 g/mol. The number of hydrogen-bond donors (Lipinski definition) is 2. The van der Waals surface area contributed by atoms with E-state index >= 15 is 0 Å². The maximum absolute atomic E-state index is 13.4. The molecule has 1 fully saturated rings. The van der Waals surface area contributed by atoms with Gasteiger partial charge in [0.05, 0.1) is 16.8 Å². The molecule has 174 valence electrons. The van der Waals surface area contributed by atoms with Crippen LogP contribution in [-0.4, -0.2) is 30.6 Å². The zero-order valence-corrected chi connectivity index (χ0v) is 17.1. The minimum atomic E-state index is -4.69. The van der Waals surface area contributed by atoms with Crippen molar-refractivity contribution in [3.8, 4) is 0 Å². The fourth-order valence-electron chi connectivity index (χ4n) is 3.77. The second-order valence-corrected chi connectivity index (χ2v) is 7.70. The molecule has 1 saturated heterocycles. The molecule has 0 radical (unpaired) electrons. The van der Waals surface area contributed by atoms with E-state index in [0.29, 0.717) is 25.9 Å². The Kier molecular flexibility index (Phi) is 7.33. The summed E-state index contributed by atoms with van der Waals surface area (Å²) in [6, 6.07) is 8.51. The Morgan fingerprint density at radius 1 is 0.906 bits per heavy atom. The lowest BCUT2D eigenvalue weighted by atomic mass is 9.97. The van der Waals surface area contributed by atoms with Gasteiger partial charge in [0.25, 0.3) is 0 Å². The number of halogens is 6. The summed E-state index contributed by atoms with van der Waals surface area (Å²) >= 11 is 0. The number of benzene rings is 2. The molecule has 0 unspecified atom stereocenters. The van der Waals surface area contributed by atoms with Crippen molar-refractivity contribution in [2.45, 2.75) is 31.7 Å². The summed E-state index contributed by atoms with van der Waals surface area (Å²) in [4.78, 5) is 14.1. The van der Waals surface area contributed by atoms with Crippen molar-refractivity contribution in [1.29, 1.82) is 0 Å². The van der Waals surface area contributed by atoms with Gasteiger partial charge in [0.15, 0.2) is 0 Å². The third-order valence-corrected chi connectivity index (χ3v) is 5.38. The number of hydrogen-bond acceptors (Lipinski definition) is 2. The van der Waals surface area contributed by atoms with Crippen LogP contribution in [0.25, 0.3) is 0 Å². The number of nitrogens with zero attached hydrogens (tertiary/aromatic N) is 1. The average Bonchev–Trinajstić information content (AvgIpc) is 2.73. The van der Waals surface area contributed by atoms with E-state index in [1.807, 2.05) is 0 Å². The summed E-state index contributed by atoms with van der Waals surface area (Å²) in [6.07, 6.45) is -7.88. The van der Waals surface area contributed by atoms with Gasteiger partial charge < -0.3 is 15.5 Å². The normalized spacial score (nSPS) is 15.4. The van der Waals surface area contributed by atoms with Gasteiger partial charge in [-0.05, 0) is 55.6 Å². The van der Waals surface area contributed by atoms with Crippen LogP contribution in [0.1, 0.15) is 29.5 Å². The molecular formula is C22H23F6N3O. The van der Waals surface area contributed by atoms with Gasteiger partial charge in [0.1, 0.15) is 0 Å². The van der Waals surface area contributed by atoms with Crippen LogP contribution in [0.2, 0.25) is 0 Å². The summed E-state index contributed by atoms with van der Waals surface area (Å²) in [5.41, 5.74) is -2.46. The highest BCUT2D eigenvalue weighted by atomic mass is 19.4. The number of carbonyl (C=O) groups is 1. The molecule has 0 spiro atoms. The molecular weight excluding hydrogens is 436 g/mol. The van der Waals surface area contributed by atoms with E-state index in [9.17, 15) is 31.1 Å². The molecule has 1 aliphatic heterocycles. The van der Waals surface area contributed by atoms with Gasteiger partial charge in [0.2, 0.25) is 0 Å². The molecule has 0 bridgehead atoms. The predicted octanol–water partition coefficient (Wildman–Crippen LogP) is 5.76. The number of anilines is 1. The number of carbonyl (C=O) groups excluding carboxylic acids is 1. The first-order chi connectivity index (χ1) is 15.1. The smallest absolute Gasteiger partial charge is 0.320 e. The molecule has 2 aromatic carbocycles. The average molecular weight is 459 g/mol. The van der Waals surface area contributed by atoms with Crippen molar-refractivity contribution in [2.24, 2.45) is 5.92 Å². The Labute approximate surface area is 181 Å². The molecule has 10 heteroatoms. The second-order valence-electron chi connectivity index (χ2n) is 7.70. The Morgan fingerprint density at radius 2 is 1.47 bits per heavy atom. The van der Waals surface area contributed by atoms with Gasteiger partial charge in [-0.25, -0.2) is 4.79 Å². The Bertz CT molecular complexity index is 922. The Balaban J connectivity index is 1.88. The first-order valence-electron chi connectivity index (χ1n) is 10.1. The molecule has 2 N–H and O–H groups in total. The highest BCUT2D eigenvalue weighted by Crippen LogP contribution is 2.35. The van der Waals surface area contributed by atoms with Gasteiger partial charge >= 0.3 is 18.4 Å². The largest absolute Gasteiger partial charge is 0.418 e. The Morgan fingerprint density at radius 3 is 2.09 bits per heavy atom. The van der Waals surface area contributed by atoms with Crippen LogP contribution < -0.4 is 10.6 Å². The number of piperidine rings is 1. The van der Waals surface area contributed by atoms with Crippen LogP contribution in [0.15, 0.2) is 48.5 Å². The van der Waals surface area contributed by atoms with Gasteiger partial charge in [-0.2, -0.15) is 26.3 Å². The van der Waals surface area contributed by atoms with E-state index in [1.54, 1.807) is 0 Å². The molecule has 32 heavy (non-hydrogen) atoms. The molecule has 0 aromatic heterocycles. The number of rotatable bonds is 5. The minimum Gasteiger partial charge on any atom is -0.320 e. The summed E-state index contributed by atoms with van der Waals surface area (Å²) in [6.45, 7) is 1.17. The molecule has 2 amide bonds. The van der Waals surface area contributed by atoms with Gasteiger partial charge in [-0.3, -0.25) is 0 Å². The Hall–Kier alpha value is -2.75. The van der Waals surface area contributed by atoms with Crippen LogP contribution in [0, 0.1) is 5.92 Å². The maximum Gasteiger partial charge on any atom is 0.418 e. The van der Waals surface area contributed by atoms with E-state index in [1.165, 1.54) is 30.3 Å².